The molecule has 7 rings (SSSR count). The highest BCUT2D eigenvalue weighted by molar-refractivity contribution is 7.99. The largest absolute Gasteiger partial charge is 0.453 e. The average molecular weight is 869 g/mol. The Labute approximate surface area is 354 Å². The molecule has 4 aromatic rings. The van der Waals surface area contributed by atoms with Crippen molar-refractivity contribution in [2.24, 2.45) is 11.8 Å². The third kappa shape index (κ3) is 9.10. The Morgan fingerprint density at radius 2 is 1.50 bits per heavy atom. The molecule has 0 unspecified atom stereocenters. The molecule has 0 bridgehead atoms. The van der Waals surface area contributed by atoms with E-state index in [-0.39, 0.29) is 29.2 Å². The zero-order chi connectivity index (χ0) is 42.8. The summed E-state index contributed by atoms with van der Waals surface area (Å²) >= 11 is 8.31. The second-order valence-corrected chi connectivity index (χ2v) is 16.9. The van der Waals surface area contributed by atoms with Gasteiger partial charge in [0.2, 0.25) is 11.8 Å². The van der Waals surface area contributed by atoms with Crippen LogP contribution in [0.5, 0.6) is 0 Å². The van der Waals surface area contributed by atoms with E-state index in [9.17, 15) is 28.0 Å². The number of ether oxygens (including phenoxy) is 3. The van der Waals surface area contributed by atoms with Gasteiger partial charge in [-0.1, -0.05) is 74.0 Å². The fraction of sp³-hybridized carbons (Fsp3) is 0.463. The van der Waals surface area contributed by atoms with E-state index in [2.05, 4.69) is 35.1 Å². The Hall–Kier alpha value is -5.20. The molecule has 1 aliphatic carbocycles. The number of aromatic amines is 2. The zero-order valence-electron chi connectivity index (χ0n) is 33.6. The zero-order valence-corrected chi connectivity index (χ0v) is 35.2. The first-order chi connectivity index (χ1) is 28.8. The van der Waals surface area contributed by atoms with E-state index in [1.54, 1.807) is 18.0 Å². The minimum atomic E-state index is -3.12. The number of thioether (sulfide) groups is 1. The summed E-state index contributed by atoms with van der Waals surface area (Å²) in [5, 5.41) is 5.44. The molecule has 19 heteroatoms. The lowest BCUT2D eigenvalue weighted by Gasteiger charge is -2.31. The quantitative estimate of drug-likeness (QED) is 0.105. The number of aromatic nitrogens is 4. The number of hydrogen-bond donors (Lipinski definition) is 4. The van der Waals surface area contributed by atoms with Crippen molar-refractivity contribution < 1.29 is 42.2 Å². The fourth-order valence-electron chi connectivity index (χ4n) is 8.13. The van der Waals surface area contributed by atoms with Crippen molar-refractivity contribution >= 4 is 47.4 Å². The van der Waals surface area contributed by atoms with Crippen LogP contribution in [0.25, 0.3) is 33.6 Å². The SMILES string of the molecule is COC(=O)N[C@@H](COC(F)F)C(=O)N1C[C@@H](SC)C[C@H]1c1ncc(-c2ccc(-c3ccc(-c4nc([C@@H]5C[C@H]6C[C@H]6N5C(=O)[C@@H](NC(=O)OC)C(C)C)[nH]c4Cl)cc3)cc2)[nH]1. The maximum atomic E-state index is 13.8. The van der Waals surface area contributed by atoms with E-state index in [4.69, 9.17) is 21.3 Å². The normalized spacial score (nSPS) is 21.8. The molecule has 320 valence electrons. The van der Waals surface area contributed by atoms with E-state index in [1.165, 1.54) is 12.0 Å². The molecule has 15 nitrogen and oxygen atoms in total. The maximum Gasteiger partial charge on any atom is 0.407 e. The first-order valence-corrected chi connectivity index (χ1v) is 21.2. The van der Waals surface area contributed by atoms with E-state index in [0.717, 1.165) is 47.9 Å². The molecule has 4 N–H and O–H groups in total. The number of imidazole rings is 2. The number of carbonyl (C=O) groups is 4. The lowest BCUT2D eigenvalue weighted by molar-refractivity contribution is -0.150. The molecule has 0 radical (unpaired) electrons. The van der Waals surface area contributed by atoms with Crippen molar-refractivity contribution in [3.63, 3.8) is 0 Å². The number of halogens is 3. The number of fused-ring (bicyclic) bond motifs is 1. The summed E-state index contributed by atoms with van der Waals surface area (Å²) in [6.07, 6.45) is 4.27. The van der Waals surface area contributed by atoms with Gasteiger partial charge in [0.05, 0.1) is 44.8 Å². The van der Waals surface area contributed by atoms with Crippen molar-refractivity contribution in [3.05, 3.63) is 71.5 Å². The van der Waals surface area contributed by atoms with Gasteiger partial charge in [-0.2, -0.15) is 20.5 Å². The molecule has 3 aliphatic rings. The van der Waals surface area contributed by atoms with Gasteiger partial charge in [0.15, 0.2) is 0 Å². The summed E-state index contributed by atoms with van der Waals surface area (Å²) in [5.41, 5.74) is 4.88. The fourth-order valence-corrected chi connectivity index (χ4v) is 9.06. The highest BCUT2D eigenvalue weighted by Gasteiger charge is 2.56. The summed E-state index contributed by atoms with van der Waals surface area (Å²) in [4.78, 5) is 70.9. The lowest BCUT2D eigenvalue weighted by Crippen LogP contribution is -2.52. The van der Waals surface area contributed by atoms with E-state index >= 15 is 0 Å². The molecule has 7 atom stereocenters. The van der Waals surface area contributed by atoms with Gasteiger partial charge in [-0.3, -0.25) is 9.59 Å². The summed E-state index contributed by atoms with van der Waals surface area (Å²) in [6, 6.07) is 12.9. The van der Waals surface area contributed by atoms with Crippen LogP contribution in [0, 0.1) is 11.8 Å². The molecule has 2 saturated heterocycles. The van der Waals surface area contributed by atoms with Crippen molar-refractivity contribution in [1.29, 1.82) is 0 Å². The van der Waals surface area contributed by atoms with E-state index in [0.29, 0.717) is 41.4 Å². The molecule has 1 saturated carbocycles. The Kier molecular flexibility index (Phi) is 13.0. The Morgan fingerprint density at radius 1 is 0.867 bits per heavy atom. The van der Waals surface area contributed by atoms with Gasteiger partial charge in [-0.15, -0.1) is 0 Å². The number of amides is 4. The smallest absolute Gasteiger partial charge is 0.407 e. The molecule has 3 fully saturated rings. The first-order valence-electron chi connectivity index (χ1n) is 19.6. The number of likely N-dealkylation sites (tertiary alicyclic amines) is 2. The Balaban J connectivity index is 1.03. The number of carbonyl (C=O) groups excluding carboxylic acids is 4. The van der Waals surface area contributed by atoms with Gasteiger partial charge in [-0.05, 0) is 54.0 Å². The molecule has 2 aliphatic heterocycles. The standard InChI is InChI=1S/C41H47ClF2N8O7S/c1-20(2)32(49-41(56)58-4)38(54)52-29-14-25(29)15-31(52)36-48-33(34(42)50-36)24-12-8-22(9-13-24)21-6-10-23(11-7-21)27-17-45-35(46-27)30-16-26(60-5)18-51(30)37(53)28(19-59-39(43)44)47-40(55)57-3/h6-13,17,20,25-26,28-32,39H,14-16,18-19H2,1-5H3,(H,45,46)(H,47,55)(H,48,50)(H,49,56)/t25-,26+,28+,29-,30+,31+,32+/m1/s1. The molecular weight excluding hydrogens is 822 g/mol. The van der Waals surface area contributed by atoms with Crippen LogP contribution in [0.15, 0.2) is 54.7 Å². The van der Waals surface area contributed by atoms with Gasteiger partial charge in [0.1, 0.15) is 34.6 Å². The van der Waals surface area contributed by atoms with Crippen LogP contribution in [0.1, 0.15) is 56.8 Å². The molecular formula is C41H47ClF2N8O7S. The molecule has 4 heterocycles. The number of H-pyrrole nitrogens is 2. The lowest BCUT2D eigenvalue weighted by atomic mass is 10.0. The van der Waals surface area contributed by atoms with Gasteiger partial charge >= 0.3 is 18.8 Å². The number of alkyl carbamates (subject to hydrolysis) is 2. The number of piperidine rings is 1. The van der Waals surface area contributed by atoms with Gasteiger partial charge in [0, 0.05) is 23.4 Å². The monoisotopic (exact) mass is 868 g/mol. The van der Waals surface area contributed by atoms with Crippen LogP contribution in [-0.4, -0.2) is 117 Å². The minimum absolute atomic E-state index is 0.0544. The van der Waals surface area contributed by atoms with Crippen molar-refractivity contribution in [2.45, 2.75) is 75.2 Å². The molecule has 2 aromatic heterocycles. The van der Waals surface area contributed by atoms with Crippen LogP contribution in [0.2, 0.25) is 5.15 Å². The second-order valence-electron chi connectivity index (χ2n) is 15.4. The predicted octanol–water partition coefficient (Wildman–Crippen LogP) is 6.80. The number of nitrogens with zero attached hydrogens (tertiary/aromatic N) is 4. The third-order valence-corrected chi connectivity index (χ3v) is 12.7. The van der Waals surface area contributed by atoms with Gasteiger partial charge in [0.25, 0.3) is 0 Å². The summed E-state index contributed by atoms with van der Waals surface area (Å²) in [5.74, 6) is 0.612. The molecule has 0 spiro atoms. The number of alkyl halides is 2. The van der Waals surface area contributed by atoms with Gasteiger partial charge in [-0.25, -0.2) is 19.6 Å². The molecule has 60 heavy (non-hydrogen) atoms. The van der Waals surface area contributed by atoms with Crippen molar-refractivity contribution in [3.8, 4) is 33.6 Å². The highest BCUT2D eigenvalue weighted by Crippen LogP contribution is 2.54. The summed E-state index contributed by atoms with van der Waals surface area (Å²) in [6.45, 7) is 0.249. The highest BCUT2D eigenvalue weighted by atomic mass is 35.5. The predicted molar refractivity (Wildman–Crippen MR) is 220 cm³/mol. The number of benzene rings is 2. The summed E-state index contributed by atoms with van der Waals surface area (Å²) < 4.78 is 39.6. The Bertz CT molecular complexity index is 2190. The van der Waals surface area contributed by atoms with Crippen LogP contribution < -0.4 is 10.6 Å². The van der Waals surface area contributed by atoms with Gasteiger partial charge < -0.3 is 44.6 Å². The summed E-state index contributed by atoms with van der Waals surface area (Å²) in [7, 11) is 2.39. The number of hydrogen-bond acceptors (Lipinski definition) is 10. The third-order valence-electron chi connectivity index (χ3n) is 11.4. The number of methoxy groups -OCH3 is 2. The van der Waals surface area contributed by atoms with Crippen molar-refractivity contribution in [2.75, 3.05) is 33.6 Å². The average Bonchev–Trinajstić information content (AvgIpc) is 3.69. The second kappa shape index (κ2) is 18.2. The van der Waals surface area contributed by atoms with Crippen LogP contribution in [-0.2, 0) is 23.8 Å². The number of rotatable bonds is 14. The minimum Gasteiger partial charge on any atom is -0.453 e. The Morgan fingerprint density at radius 3 is 2.12 bits per heavy atom. The van der Waals surface area contributed by atoms with Crippen molar-refractivity contribution in [1.82, 2.24) is 40.4 Å². The van der Waals surface area contributed by atoms with Crippen LogP contribution >= 0.6 is 23.4 Å². The molecule has 4 amide bonds. The number of nitrogens with one attached hydrogen (secondary N) is 4. The molecule has 2 aromatic carbocycles. The topological polar surface area (TPSA) is 184 Å². The van der Waals surface area contributed by atoms with E-state index in [1.807, 2.05) is 73.5 Å². The van der Waals surface area contributed by atoms with E-state index < -0.39 is 49.4 Å². The first kappa shape index (κ1) is 42.9. The van der Waals surface area contributed by atoms with Crippen LogP contribution in [0.4, 0.5) is 18.4 Å². The maximum absolute atomic E-state index is 13.8. The van der Waals surface area contributed by atoms with Crippen LogP contribution in [0.3, 0.4) is 0 Å².